The SMILES string of the molecule is CCO[C@H]1OC(=O)C(Cl)=C1Nc1ccccc1. The van der Waals surface area contributed by atoms with E-state index < -0.39 is 12.3 Å². The van der Waals surface area contributed by atoms with E-state index in [4.69, 9.17) is 21.1 Å². The lowest BCUT2D eigenvalue weighted by Crippen LogP contribution is -2.20. The Hall–Kier alpha value is -1.52. The minimum Gasteiger partial charge on any atom is -0.425 e. The number of esters is 1. The lowest BCUT2D eigenvalue weighted by Gasteiger charge is -2.15. The van der Waals surface area contributed by atoms with E-state index in [2.05, 4.69) is 5.32 Å². The van der Waals surface area contributed by atoms with Crippen molar-refractivity contribution in [2.24, 2.45) is 0 Å². The van der Waals surface area contributed by atoms with Crippen LogP contribution in [0.5, 0.6) is 0 Å². The van der Waals surface area contributed by atoms with E-state index in [9.17, 15) is 4.79 Å². The quantitative estimate of drug-likeness (QED) is 0.838. The molecule has 0 saturated carbocycles. The fraction of sp³-hybridized carbons (Fsp3) is 0.250. The number of anilines is 1. The maximum Gasteiger partial charge on any atom is 0.354 e. The van der Waals surface area contributed by atoms with Gasteiger partial charge in [0.25, 0.3) is 0 Å². The van der Waals surface area contributed by atoms with Crippen molar-refractivity contribution in [1.82, 2.24) is 0 Å². The predicted molar refractivity (Wildman–Crippen MR) is 64.4 cm³/mol. The average molecular weight is 254 g/mol. The van der Waals surface area contributed by atoms with Crippen LogP contribution in [0.25, 0.3) is 0 Å². The van der Waals surface area contributed by atoms with Crippen LogP contribution in [0.15, 0.2) is 41.1 Å². The van der Waals surface area contributed by atoms with Gasteiger partial charge < -0.3 is 14.8 Å². The Labute approximate surface area is 104 Å². The molecule has 1 aromatic carbocycles. The van der Waals surface area contributed by atoms with Crippen LogP contribution in [0.1, 0.15) is 6.92 Å². The van der Waals surface area contributed by atoms with Crippen LogP contribution >= 0.6 is 11.6 Å². The molecule has 1 heterocycles. The molecule has 17 heavy (non-hydrogen) atoms. The Morgan fingerprint density at radius 1 is 1.41 bits per heavy atom. The zero-order chi connectivity index (χ0) is 12.3. The number of rotatable bonds is 4. The van der Waals surface area contributed by atoms with E-state index in [0.717, 1.165) is 5.69 Å². The smallest absolute Gasteiger partial charge is 0.354 e. The number of carbonyl (C=O) groups excluding carboxylic acids is 1. The second kappa shape index (κ2) is 5.21. The van der Waals surface area contributed by atoms with E-state index in [0.29, 0.717) is 12.3 Å². The van der Waals surface area contributed by atoms with Gasteiger partial charge in [0.15, 0.2) is 5.03 Å². The van der Waals surface area contributed by atoms with Gasteiger partial charge in [0.2, 0.25) is 6.29 Å². The van der Waals surface area contributed by atoms with Crippen LogP contribution in [0.3, 0.4) is 0 Å². The lowest BCUT2D eigenvalue weighted by atomic mass is 10.3. The topological polar surface area (TPSA) is 47.6 Å². The summed E-state index contributed by atoms with van der Waals surface area (Å²) >= 11 is 5.87. The summed E-state index contributed by atoms with van der Waals surface area (Å²) in [5.41, 5.74) is 1.27. The minimum atomic E-state index is -0.750. The second-order valence-electron chi connectivity index (χ2n) is 3.41. The molecular weight excluding hydrogens is 242 g/mol. The molecule has 5 heteroatoms. The molecule has 4 nitrogen and oxygen atoms in total. The fourth-order valence-corrected chi connectivity index (χ4v) is 1.66. The van der Waals surface area contributed by atoms with Gasteiger partial charge in [-0.05, 0) is 19.1 Å². The van der Waals surface area contributed by atoms with E-state index >= 15 is 0 Å². The Morgan fingerprint density at radius 2 is 2.12 bits per heavy atom. The molecule has 0 unspecified atom stereocenters. The zero-order valence-electron chi connectivity index (χ0n) is 9.27. The van der Waals surface area contributed by atoms with Crippen molar-refractivity contribution in [2.45, 2.75) is 13.2 Å². The van der Waals surface area contributed by atoms with E-state index in [-0.39, 0.29) is 5.03 Å². The number of halogens is 1. The summed E-state index contributed by atoms with van der Waals surface area (Å²) in [5.74, 6) is -0.566. The molecule has 90 valence electrons. The molecule has 1 aliphatic rings. The van der Waals surface area contributed by atoms with Crippen molar-refractivity contribution in [3.63, 3.8) is 0 Å². The zero-order valence-corrected chi connectivity index (χ0v) is 10.0. The van der Waals surface area contributed by atoms with Gasteiger partial charge in [-0.2, -0.15) is 0 Å². The summed E-state index contributed by atoms with van der Waals surface area (Å²) in [4.78, 5) is 11.3. The van der Waals surface area contributed by atoms with Crippen molar-refractivity contribution in [3.05, 3.63) is 41.1 Å². The van der Waals surface area contributed by atoms with E-state index in [1.807, 2.05) is 37.3 Å². The van der Waals surface area contributed by atoms with E-state index in [1.165, 1.54) is 0 Å². The van der Waals surface area contributed by atoms with Crippen molar-refractivity contribution >= 4 is 23.3 Å². The number of hydrogen-bond donors (Lipinski definition) is 1. The summed E-state index contributed by atoms with van der Waals surface area (Å²) in [6.07, 6.45) is -0.750. The number of nitrogens with one attached hydrogen (secondary N) is 1. The summed E-state index contributed by atoms with van der Waals surface area (Å²) < 4.78 is 10.2. The number of para-hydroxylation sites is 1. The van der Waals surface area contributed by atoms with Gasteiger partial charge in [-0.25, -0.2) is 4.79 Å². The molecule has 0 aromatic heterocycles. The van der Waals surface area contributed by atoms with Crippen molar-refractivity contribution in [3.8, 4) is 0 Å². The van der Waals surface area contributed by atoms with Gasteiger partial charge in [0, 0.05) is 12.3 Å². The van der Waals surface area contributed by atoms with Crippen LogP contribution in [0.2, 0.25) is 0 Å². The highest BCUT2D eigenvalue weighted by atomic mass is 35.5. The summed E-state index contributed by atoms with van der Waals surface area (Å²) in [5, 5.41) is 3.07. The molecule has 0 saturated heterocycles. The number of hydrogen-bond acceptors (Lipinski definition) is 4. The maximum atomic E-state index is 11.3. The van der Waals surface area contributed by atoms with Crippen LogP contribution in [-0.2, 0) is 14.3 Å². The summed E-state index contributed by atoms with van der Waals surface area (Å²) in [7, 11) is 0. The molecule has 1 N–H and O–H groups in total. The van der Waals surface area contributed by atoms with Crippen LogP contribution in [-0.4, -0.2) is 18.9 Å². The highest BCUT2D eigenvalue weighted by Crippen LogP contribution is 2.27. The third kappa shape index (κ3) is 2.60. The largest absolute Gasteiger partial charge is 0.425 e. The first-order chi connectivity index (χ1) is 8.22. The molecule has 2 rings (SSSR count). The minimum absolute atomic E-state index is 0.0345. The second-order valence-corrected chi connectivity index (χ2v) is 3.79. The van der Waals surface area contributed by atoms with Gasteiger partial charge in [-0.1, -0.05) is 29.8 Å². The summed E-state index contributed by atoms with van der Waals surface area (Å²) in [6.45, 7) is 2.25. The number of ether oxygens (including phenoxy) is 2. The van der Waals surface area contributed by atoms with Gasteiger partial charge in [0.1, 0.15) is 5.70 Å². The first kappa shape index (κ1) is 12.0. The van der Waals surface area contributed by atoms with Gasteiger partial charge in [0.05, 0.1) is 0 Å². The van der Waals surface area contributed by atoms with Gasteiger partial charge in [-0.3, -0.25) is 0 Å². The Bertz CT molecular complexity index is 444. The van der Waals surface area contributed by atoms with Crippen molar-refractivity contribution < 1.29 is 14.3 Å². The number of benzene rings is 1. The maximum absolute atomic E-state index is 11.3. The number of cyclic esters (lactones) is 1. The Balaban J connectivity index is 2.19. The molecule has 1 aromatic rings. The molecule has 0 bridgehead atoms. The van der Waals surface area contributed by atoms with Crippen LogP contribution in [0.4, 0.5) is 5.69 Å². The molecule has 0 fully saturated rings. The lowest BCUT2D eigenvalue weighted by molar-refractivity contribution is -0.158. The first-order valence-electron chi connectivity index (χ1n) is 5.26. The highest BCUT2D eigenvalue weighted by Gasteiger charge is 2.33. The average Bonchev–Trinajstić information content (AvgIpc) is 2.59. The standard InChI is InChI=1S/C12H12ClNO3/c1-2-16-12-10(9(13)11(15)17-12)14-8-6-4-3-5-7-8/h3-7,12,14H,2H2,1H3/t12-/m0/s1. The fourth-order valence-electron chi connectivity index (χ4n) is 1.48. The molecular formula is C12H12ClNO3. The summed E-state index contributed by atoms with van der Waals surface area (Å²) in [6, 6.07) is 9.39. The Kier molecular flexibility index (Phi) is 3.66. The Morgan fingerprint density at radius 3 is 2.76 bits per heavy atom. The van der Waals surface area contributed by atoms with E-state index in [1.54, 1.807) is 0 Å². The molecule has 1 aliphatic heterocycles. The third-order valence-corrected chi connectivity index (χ3v) is 2.59. The predicted octanol–water partition coefficient (Wildman–Crippen LogP) is 2.47. The molecule has 0 radical (unpaired) electrons. The molecule has 0 aliphatic carbocycles. The molecule has 1 atom stereocenters. The first-order valence-corrected chi connectivity index (χ1v) is 5.64. The molecule has 0 spiro atoms. The molecule has 0 amide bonds. The van der Waals surface area contributed by atoms with Gasteiger partial charge >= 0.3 is 5.97 Å². The normalized spacial score (nSPS) is 19.4. The monoisotopic (exact) mass is 253 g/mol. The number of carbonyl (C=O) groups is 1. The van der Waals surface area contributed by atoms with Crippen LogP contribution in [0, 0.1) is 0 Å². The van der Waals surface area contributed by atoms with Crippen LogP contribution < -0.4 is 5.32 Å². The highest BCUT2D eigenvalue weighted by molar-refractivity contribution is 6.42. The van der Waals surface area contributed by atoms with Gasteiger partial charge in [-0.15, -0.1) is 0 Å². The van der Waals surface area contributed by atoms with Crippen molar-refractivity contribution in [2.75, 3.05) is 11.9 Å². The third-order valence-electron chi connectivity index (χ3n) is 2.24. The van der Waals surface area contributed by atoms with Crippen molar-refractivity contribution in [1.29, 1.82) is 0 Å².